The quantitative estimate of drug-likeness (QED) is 0.748. The number of hydrogen-bond acceptors (Lipinski definition) is 3. The van der Waals surface area contributed by atoms with Crippen LogP contribution < -0.4 is 10.6 Å². The molecule has 0 spiro atoms. The molecular formula is C15H20N2O3. The van der Waals surface area contributed by atoms with Gasteiger partial charge in [0.1, 0.15) is 6.04 Å². The molecule has 3 N–H and O–H groups in total. The summed E-state index contributed by atoms with van der Waals surface area (Å²) in [7, 11) is 0. The molecule has 1 aromatic rings. The van der Waals surface area contributed by atoms with E-state index in [4.69, 9.17) is 0 Å². The maximum atomic E-state index is 12.2. The number of nitrogens with one attached hydrogen (secondary N) is 2. The van der Waals surface area contributed by atoms with Crippen molar-refractivity contribution < 1.29 is 14.7 Å². The maximum Gasteiger partial charge on any atom is 0.326 e. The van der Waals surface area contributed by atoms with E-state index in [-0.39, 0.29) is 12.3 Å². The van der Waals surface area contributed by atoms with Crippen molar-refractivity contribution in [3.05, 3.63) is 35.9 Å². The molecule has 1 saturated heterocycles. The van der Waals surface area contributed by atoms with Crippen LogP contribution in [-0.2, 0) is 16.0 Å². The zero-order valence-electron chi connectivity index (χ0n) is 11.6. The molecule has 20 heavy (non-hydrogen) atoms. The number of carboxylic acid groups (broad SMARTS) is 1. The Morgan fingerprint density at radius 2 is 2.10 bits per heavy atom. The van der Waals surface area contributed by atoms with Crippen molar-refractivity contribution in [2.45, 2.75) is 37.8 Å². The van der Waals surface area contributed by atoms with Gasteiger partial charge in [-0.25, -0.2) is 4.79 Å². The van der Waals surface area contributed by atoms with Crippen molar-refractivity contribution >= 4 is 11.9 Å². The van der Waals surface area contributed by atoms with E-state index in [1.165, 1.54) is 0 Å². The van der Waals surface area contributed by atoms with Gasteiger partial charge < -0.3 is 15.7 Å². The molecule has 1 aliphatic rings. The number of amides is 1. The molecule has 0 saturated carbocycles. The van der Waals surface area contributed by atoms with Crippen LogP contribution in [0.3, 0.4) is 0 Å². The Morgan fingerprint density at radius 1 is 1.40 bits per heavy atom. The predicted molar refractivity (Wildman–Crippen MR) is 75.4 cm³/mol. The summed E-state index contributed by atoms with van der Waals surface area (Å²) in [6.45, 7) is 2.61. The van der Waals surface area contributed by atoms with Crippen molar-refractivity contribution in [2.24, 2.45) is 0 Å². The van der Waals surface area contributed by atoms with Gasteiger partial charge in [-0.3, -0.25) is 4.79 Å². The highest BCUT2D eigenvalue weighted by Crippen LogP contribution is 2.19. The number of benzene rings is 1. The van der Waals surface area contributed by atoms with Gasteiger partial charge in [-0.1, -0.05) is 30.3 Å². The molecule has 1 aliphatic heterocycles. The van der Waals surface area contributed by atoms with Gasteiger partial charge in [-0.05, 0) is 31.9 Å². The Balaban J connectivity index is 2.02. The third-order valence-corrected chi connectivity index (χ3v) is 3.76. The number of rotatable bonds is 5. The average molecular weight is 276 g/mol. The fraction of sp³-hybridized carbons (Fsp3) is 0.467. The highest BCUT2D eigenvalue weighted by molar-refractivity contribution is 5.90. The zero-order valence-corrected chi connectivity index (χ0v) is 11.6. The molecule has 0 bridgehead atoms. The van der Waals surface area contributed by atoms with E-state index in [1.807, 2.05) is 37.3 Å². The minimum Gasteiger partial charge on any atom is -0.480 e. The molecule has 5 heteroatoms. The number of aliphatic carboxylic acids is 1. The Labute approximate surface area is 118 Å². The average Bonchev–Trinajstić information content (AvgIpc) is 2.87. The summed E-state index contributed by atoms with van der Waals surface area (Å²) in [6, 6.07) is 8.41. The van der Waals surface area contributed by atoms with Gasteiger partial charge in [0.2, 0.25) is 5.91 Å². The predicted octanol–water partition coefficient (Wildman–Crippen LogP) is 0.941. The summed E-state index contributed by atoms with van der Waals surface area (Å²) in [6.07, 6.45) is 1.95. The van der Waals surface area contributed by atoms with Crippen molar-refractivity contribution in [3.63, 3.8) is 0 Å². The van der Waals surface area contributed by atoms with Crippen molar-refractivity contribution in [1.82, 2.24) is 10.6 Å². The topological polar surface area (TPSA) is 78.4 Å². The van der Waals surface area contributed by atoms with Crippen LogP contribution in [0.1, 0.15) is 25.3 Å². The third kappa shape index (κ3) is 3.36. The Morgan fingerprint density at radius 3 is 2.65 bits per heavy atom. The standard InChI is InChI=1S/C15H20N2O3/c1-15(8-5-9-16-15)14(20)17-12(13(18)19)10-11-6-3-2-4-7-11/h2-4,6-7,12,16H,5,8-10H2,1H3,(H,17,20)(H,18,19)/t12-,15+/m1/s1. The van der Waals surface area contributed by atoms with E-state index in [1.54, 1.807) is 0 Å². The molecule has 1 aromatic carbocycles. The molecule has 2 atom stereocenters. The van der Waals surface area contributed by atoms with E-state index in [0.29, 0.717) is 0 Å². The summed E-state index contributed by atoms with van der Waals surface area (Å²) in [5.41, 5.74) is 0.245. The Bertz CT molecular complexity index is 481. The lowest BCUT2D eigenvalue weighted by molar-refractivity contribution is -0.142. The molecule has 0 radical (unpaired) electrons. The second kappa shape index (κ2) is 6.05. The molecule has 108 valence electrons. The lowest BCUT2D eigenvalue weighted by atomic mass is 9.98. The van der Waals surface area contributed by atoms with Crippen molar-refractivity contribution in [3.8, 4) is 0 Å². The first kappa shape index (κ1) is 14.5. The molecule has 0 aromatic heterocycles. The number of carbonyl (C=O) groups is 2. The highest BCUT2D eigenvalue weighted by Gasteiger charge is 2.37. The van der Waals surface area contributed by atoms with E-state index in [2.05, 4.69) is 10.6 Å². The zero-order chi connectivity index (χ0) is 14.6. The van der Waals surface area contributed by atoms with Crippen molar-refractivity contribution in [1.29, 1.82) is 0 Å². The Hall–Kier alpha value is -1.88. The summed E-state index contributed by atoms with van der Waals surface area (Å²) in [5, 5.41) is 15.1. The normalized spacial score (nSPS) is 23.2. The van der Waals surface area contributed by atoms with Gasteiger partial charge in [0, 0.05) is 6.42 Å². The molecular weight excluding hydrogens is 256 g/mol. The van der Waals surface area contributed by atoms with Gasteiger partial charge in [-0.2, -0.15) is 0 Å². The second-order valence-electron chi connectivity index (χ2n) is 5.42. The SMILES string of the molecule is C[C@@]1(C(=O)N[C@H](Cc2ccccc2)C(=O)O)CCCN1. The minimum absolute atomic E-state index is 0.238. The minimum atomic E-state index is -1.01. The van der Waals surface area contributed by atoms with Crippen molar-refractivity contribution in [2.75, 3.05) is 6.54 Å². The van der Waals surface area contributed by atoms with Crippen LogP contribution in [0.5, 0.6) is 0 Å². The van der Waals surface area contributed by atoms with Crippen LogP contribution in [0, 0.1) is 0 Å². The molecule has 0 unspecified atom stereocenters. The molecule has 1 heterocycles. The Kier molecular flexibility index (Phi) is 4.39. The van der Waals surface area contributed by atoms with Crippen LogP contribution in [0.15, 0.2) is 30.3 Å². The first-order valence-corrected chi connectivity index (χ1v) is 6.84. The summed E-state index contributed by atoms with van der Waals surface area (Å²) in [4.78, 5) is 23.6. The first-order chi connectivity index (χ1) is 9.51. The maximum absolute atomic E-state index is 12.2. The van der Waals surface area contributed by atoms with Gasteiger partial charge in [0.15, 0.2) is 0 Å². The van der Waals surface area contributed by atoms with E-state index < -0.39 is 17.6 Å². The first-order valence-electron chi connectivity index (χ1n) is 6.84. The summed E-state index contributed by atoms with van der Waals surface area (Å²) >= 11 is 0. The van der Waals surface area contributed by atoms with E-state index in [9.17, 15) is 14.7 Å². The van der Waals surface area contributed by atoms with E-state index >= 15 is 0 Å². The van der Waals surface area contributed by atoms with Gasteiger partial charge in [0.25, 0.3) is 0 Å². The van der Waals surface area contributed by atoms with Gasteiger partial charge in [0.05, 0.1) is 5.54 Å². The lowest BCUT2D eigenvalue weighted by Gasteiger charge is -2.25. The molecule has 1 fully saturated rings. The fourth-order valence-electron chi connectivity index (χ4n) is 2.46. The highest BCUT2D eigenvalue weighted by atomic mass is 16.4. The second-order valence-corrected chi connectivity index (χ2v) is 5.42. The molecule has 0 aliphatic carbocycles. The summed E-state index contributed by atoms with van der Waals surface area (Å²) < 4.78 is 0. The monoisotopic (exact) mass is 276 g/mol. The van der Waals surface area contributed by atoms with Gasteiger partial charge >= 0.3 is 5.97 Å². The lowest BCUT2D eigenvalue weighted by Crippen LogP contribution is -2.55. The van der Waals surface area contributed by atoms with Crippen LogP contribution >= 0.6 is 0 Å². The van der Waals surface area contributed by atoms with E-state index in [0.717, 1.165) is 24.9 Å². The number of carbonyl (C=O) groups excluding carboxylic acids is 1. The van der Waals surface area contributed by atoms with Crippen LogP contribution in [0.25, 0.3) is 0 Å². The fourth-order valence-corrected chi connectivity index (χ4v) is 2.46. The van der Waals surface area contributed by atoms with Crippen LogP contribution in [0.4, 0.5) is 0 Å². The van der Waals surface area contributed by atoms with Crippen LogP contribution in [0.2, 0.25) is 0 Å². The molecule has 1 amide bonds. The number of carboxylic acids is 1. The largest absolute Gasteiger partial charge is 0.480 e. The number of hydrogen-bond donors (Lipinski definition) is 3. The van der Waals surface area contributed by atoms with Crippen LogP contribution in [-0.4, -0.2) is 35.1 Å². The smallest absolute Gasteiger partial charge is 0.326 e. The molecule has 2 rings (SSSR count). The third-order valence-electron chi connectivity index (χ3n) is 3.76. The molecule has 5 nitrogen and oxygen atoms in total. The summed E-state index contributed by atoms with van der Waals surface area (Å²) in [5.74, 6) is -1.25. The van der Waals surface area contributed by atoms with Gasteiger partial charge in [-0.15, -0.1) is 0 Å².